The summed E-state index contributed by atoms with van der Waals surface area (Å²) in [7, 11) is 0. The van der Waals surface area contributed by atoms with Gasteiger partial charge in [0.05, 0.1) is 15.2 Å². The fraction of sp³-hybridized carbons (Fsp3) is 0.133. The normalized spacial score (nSPS) is 12.0. The predicted molar refractivity (Wildman–Crippen MR) is 120 cm³/mol. The smallest absolute Gasteiger partial charge is 0.320 e. The van der Waals surface area contributed by atoms with Gasteiger partial charge in [-0.3, -0.25) is 4.79 Å². The average Bonchev–Trinajstić information content (AvgIpc) is 2.48. The molecule has 0 saturated heterocycles. The number of halogens is 4. The van der Waals surface area contributed by atoms with Crippen LogP contribution in [0.15, 0.2) is 28.7 Å². The summed E-state index contributed by atoms with van der Waals surface area (Å²) in [5, 5.41) is 18.8. The third kappa shape index (κ3) is 5.08. The number of carboxylic acids is 1. The lowest BCUT2D eigenvalue weighted by Crippen LogP contribution is -2.32. The highest BCUT2D eigenvalue weighted by Crippen LogP contribution is 2.38. The van der Waals surface area contributed by atoms with Gasteiger partial charge in [-0.2, -0.15) is 0 Å². The Bertz CT molecular complexity index is 754. The van der Waals surface area contributed by atoms with Crippen molar-refractivity contribution in [3.8, 4) is 17.2 Å². The minimum atomic E-state index is -1.03. The number of nitrogens with two attached hydrogens (primary N) is 1. The molecule has 2 rings (SSSR count). The monoisotopic (exact) mass is 729 g/mol. The molecule has 0 bridgehead atoms. The lowest BCUT2D eigenvalue weighted by molar-refractivity contribution is -0.138. The van der Waals surface area contributed by atoms with E-state index in [0.717, 1.165) is 9.13 Å². The Balaban J connectivity index is 2.30. The van der Waals surface area contributed by atoms with E-state index in [2.05, 4.69) is 38.5 Å². The summed E-state index contributed by atoms with van der Waals surface area (Å²) in [5.41, 5.74) is 6.39. The SMILES string of the molecule is N[C@@H](Cc1cc(Br)c(Oc2cc(I)c(O)c(I)c2)c(I)c1)C(=O)O. The topological polar surface area (TPSA) is 92.8 Å². The van der Waals surface area contributed by atoms with Crippen LogP contribution in [0.4, 0.5) is 0 Å². The summed E-state index contributed by atoms with van der Waals surface area (Å²) in [6.45, 7) is 0. The third-order valence-corrected chi connectivity index (χ3v) is 6.08. The van der Waals surface area contributed by atoms with Crippen LogP contribution in [0.3, 0.4) is 0 Å². The molecule has 0 unspecified atom stereocenters. The van der Waals surface area contributed by atoms with E-state index < -0.39 is 12.0 Å². The largest absolute Gasteiger partial charge is 0.506 e. The van der Waals surface area contributed by atoms with Crippen molar-refractivity contribution in [3.05, 3.63) is 45.0 Å². The van der Waals surface area contributed by atoms with Crippen molar-refractivity contribution in [2.75, 3.05) is 0 Å². The highest BCUT2D eigenvalue weighted by molar-refractivity contribution is 14.1. The Morgan fingerprint density at radius 2 is 1.75 bits per heavy atom. The molecule has 9 heteroatoms. The number of aromatic hydroxyl groups is 1. The lowest BCUT2D eigenvalue weighted by atomic mass is 10.1. The lowest BCUT2D eigenvalue weighted by Gasteiger charge is -2.14. The second-order valence-electron chi connectivity index (χ2n) is 4.88. The highest BCUT2D eigenvalue weighted by atomic mass is 127. The molecule has 0 aliphatic heterocycles. The minimum absolute atomic E-state index is 0.232. The number of hydrogen-bond donors (Lipinski definition) is 3. The van der Waals surface area contributed by atoms with Crippen molar-refractivity contribution in [2.24, 2.45) is 5.73 Å². The van der Waals surface area contributed by atoms with Gasteiger partial charge in [0, 0.05) is 0 Å². The zero-order valence-corrected chi connectivity index (χ0v) is 20.0. The molecule has 0 saturated carbocycles. The summed E-state index contributed by atoms with van der Waals surface area (Å²) in [6.07, 6.45) is 0.235. The van der Waals surface area contributed by atoms with E-state index in [1.165, 1.54) is 0 Å². The van der Waals surface area contributed by atoms with Gasteiger partial charge in [-0.15, -0.1) is 0 Å². The van der Waals surface area contributed by atoms with Crippen LogP contribution in [-0.2, 0) is 11.2 Å². The van der Waals surface area contributed by atoms with E-state index >= 15 is 0 Å². The minimum Gasteiger partial charge on any atom is -0.506 e. The van der Waals surface area contributed by atoms with Crippen LogP contribution in [-0.4, -0.2) is 22.2 Å². The fourth-order valence-corrected chi connectivity index (χ4v) is 5.36. The van der Waals surface area contributed by atoms with E-state index in [9.17, 15) is 9.90 Å². The molecular formula is C15H11BrI3NO4. The standard InChI is InChI=1S/C15H11BrI3NO4/c16-8-1-6(3-12(20)15(22)23)2-11(19)14(8)24-7-4-9(17)13(21)10(18)5-7/h1-2,4-5,12,21H,3,20H2,(H,22,23)/t12-/m0/s1. The van der Waals surface area contributed by atoms with E-state index in [0.29, 0.717) is 23.1 Å². The quantitative estimate of drug-likeness (QED) is 0.388. The number of phenolic OH excluding ortho intramolecular Hbond substituents is 1. The number of aliphatic carboxylic acids is 1. The number of ether oxygens (including phenoxy) is 1. The first-order chi connectivity index (χ1) is 11.2. The summed E-state index contributed by atoms with van der Waals surface area (Å²) in [5.74, 6) is 0.431. The average molecular weight is 730 g/mol. The maximum absolute atomic E-state index is 10.9. The molecule has 4 N–H and O–H groups in total. The molecule has 0 aliphatic rings. The molecule has 0 aliphatic carbocycles. The molecular weight excluding hydrogens is 719 g/mol. The van der Waals surface area contributed by atoms with Crippen molar-refractivity contribution in [1.82, 2.24) is 0 Å². The van der Waals surface area contributed by atoms with Crippen molar-refractivity contribution < 1.29 is 19.7 Å². The molecule has 2 aromatic rings. The summed E-state index contributed by atoms with van der Waals surface area (Å²) < 4.78 is 8.87. The zero-order chi connectivity index (χ0) is 18.0. The number of phenols is 1. The molecule has 0 amide bonds. The summed E-state index contributed by atoms with van der Waals surface area (Å²) >= 11 is 9.68. The van der Waals surface area contributed by atoms with Crippen LogP contribution in [0.5, 0.6) is 17.2 Å². The number of hydrogen-bond acceptors (Lipinski definition) is 4. The number of rotatable bonds is 5. The van der Waals surface area contributed by atoms with E-state index in [4.69, 9.17) is 15.6 Å². The molecule has 128 valence electrons. The molecule has 0 heterocycles. The summed E-state index contributed by atoms with van der Waals surface area (Å²) in [4.78, 5) is 10.9. The highest BCUT2D eigenvalue weighted by Gasteiger charge is 2.16. The zero-order valence-electron chi connectivity index (χ0n) is 11.9. The molecule has 0 fully saturated rings. The van der Waals surface area contributed by atoms with E-state index in [-0.39, 0.29) is 12.2 Å². The molecule has 24 heavy (non-hydrogen) atoms. The van der Waals surface area contributed by atoms with Crippen LogP contribution in [0.2, 0.25) is 0 Å². The van der Waals surface area contributed by atoms with Gasteiger partial charge in [-0.1, -0.05) is 0 Å². The van der Waals surface area contributed by atoms with Gasteiger partial charge in [-0.25, -0.2) is 0 Å². The predicted octanol–water partition coefficient (Wildman–Crippen LogP) is 4.72. The second kappa shape index (κ2) is 8.68. The molecule has 0 spiro atoms. The first-order valence-electron chi connectivity index (χ1n) is 6.51. The summed E-state index contributed by atoms with van der Waals surface area (Å²) in [6, 6.07) is 6.19. The van der Waals surface area contributed by atoms with Gasteiger partial charge < -0.3 is 20.7 Å². The van der Waals surface area contributed by atoms with Crippen molar-refractivity contribution in [3.63, 3.8) is 0 Å². The van der Waals surface area contributed by atoms with Crippen LogP contribution >= 0.6 is 83.7 Å². The molecule has 2 aromatic carbocycles. The van der Waals surface area contributed by atoms with Gasteiger partial charge in [0.15, 0.2) is 5.75 Å². The Morgan fingerprint density at radius 1 is 1.17 bits per heavy atom. The first-order valence-corrected chi connectivity index (χ1v) is 10.5. The third-order valence-electron chi connectivity index (χ3n) is 3.04. The first kappa shape index (κ1) is 20.5. The maximum atomic E-state index is 10.9. The van der Waals surface area contributed by atoms with Crippen LogP contribution in [0.25, 0.3) is 0 Å². The van der Waals surface area contributed by atoms with Crippen molar-refractivity contribution in [1.29, 1.82) is 0 Å². The molecule has 5 nitrogen and oxygen atoms in total. The number of carboxylic acid groups (broad SMARTS) is 1. The molecule has 1 atom stereocenters. The van der Waals surface area contributed by atoms with E-state index in [1.54, 1.807) is 18.2 Å². The van der Waals surface area contributed by atoms with Crippen molar-refractivity contribution in [2.45, 2.75) is 12.5 Å². The van der Waals surface area contributed by atoms with Gasteiger partial charge in [-0.05, 0) is 120 Å². The van der Waals surface area contributed by atoms with Gasteiger partial charge in [0.25, 0.3) is 0 Å². The Morgan fingerprint density at radius 3 is 2.25 bits per heavy atom. The van der Waals surface area contributed by atoms with E-state index in [1.807, 2.05) is 51.2 Å². The second-order valence-corrected chi connectivity index (χ2v) is 9.22. The number of carbonyl (C=O) groups is 1. The van der Waals surface area contributed by atoms with Crippen LogP contribution in [0.1, 0.15) is 5.56 Å². The Labute approximate surface area is 187 Å². The fourth-order valence-electron chi connectivity index (χ4n) is 1.89. The van der Waals surface area contributed by atoms with Crippen molar-refractivity contribution >= 4 is 89.7 Å². The van der Waals surface area contributed by atoms with Gasteiger partial charge >= 0.3 is 5.97 Å². The van der Waals surface area contributed by atoms with Crippen LogP contribution in [0, 0.1) is 10.7 Å². The molecule has 0 radical (unpaired) electrons. The van der Waals surface area contributed by atoms with Gasteiger partial charge in [0.1, 0.15) is 17.5 Å². The maximum Gasteiger partial charge on any atom is 0.320 e. The number of benzene rings is 2. The Kier molecular flexibility index (Phi) is 7.40. The molecule has 0 aromatic heterocycles. The Hall–Kier alpha value is 0.140. The van der Waals surface area contributed by atoms with Crippen LogP contribution < -0.4 is 10.5 Å². The van der Waals surface area contributed by atoms with Gasteiger partial charge in [0.2, 0.25) is 0 Å².